The molecule has 0 bridgehead atoms. The second-order valence-corrected chi connectivity index (χ2v) is 5.97. The fourth-order valence-electron chi connectivity index (χ4n) is 1.66. The Morgan fingerprint density at radius 2 is 2.16 bits per heavy atom. The summed E-state index contributed by atoms with van der Waals surface area (Å²) in [6.07, 6.45) is 9.15. The summed E-state index contributed by atoms with van der Waals surface area (Å²) in [5.41, 5.74) is 1.99. The Labute approximate surface area is 119 Å². The molecule has 0 N–H and O–H groups in total. The van der Waals surface area contributed by atoms with Gasteiger partial charge in [0.25, 0.3) is 0 Å². The molecule has 19 heavy (non-hydrogen) atoms. The van der Waals surface area contributed by atoms with Gasteiger partial charge in [0.2, 0.25) is 0 Å². The summed E-state index contributed by atoms with van der Waals surface area (Å²) >= 11 is 3.40. The Morgan fingerprint density at radius 1 is 1.21 bits per heavy atom. The van der Waals surface area contributed by atoms with Crippen LogP contribution in [0.25, 0.3) is 21.5 Å². The van der Waals surface area contributed by atoms with Gasteiger partial charge in [-0.2, -0.15) is 0 Å². The highest BCUT2D eigenvalue weighted by Gasteiger charge is 2.05. The third-order valence-electron chi connectivity index (χ3n) is 2.58. The van der Waals surface area contributed by atoms with Crippen LogP contribution in [-0.2, 0) is 0 Å². The number of thiophene rings is 1. The maximum Gasteiger partial charge on any atom is 0.133 e. The molecule has 0 unspecified atom stereocenters. The summed E-state index contributed by atoms with van der Waals surface area (Å²) in [7, 11) is 0. The number of hydrogen-bond donors (Lipinski definition) is 0. The lowest BCUT2D eigenvalue weighted by atomic mass is 10.2. The normalized spacial score (nSPS) is 11.7. The quantitative estimate of drug-likeness (QED) is 0.723. The number of nitrogens with zero attached hydrogens (tertiary/aromatic N) is 3. The molecule has 3 rings (SSSR count). The van der Waals surface area contributed by atoms with E-state index in [1.54, 1.807) is 41.3 Å². The van der Waals surface area contributed by atoms with Crippen LogP contribution in [0.5, 0.6) is 0 Å². The zero-order valence-corrected chi connectivity index (χ0v) is 11.9. The van der Waals surface area contributed by atoms with Gasteiger partial charge in [-0.15, -0.1) is 22.7 Å². The maximum absolute atomic E-state index is 4.45. The van der Waals surface area contributed by atoms with Crippen molar-refractivity contribution in [3.05, 3.63) is 52.9 Å². The van der Waals surface area contributed by atoms with Crippen LogP contribution >= 0.6 is 22.7 Å². The van der Waals surface area contributed by atoms with Crippen LogP contribution in [-0.4, -0.2) is 15.0 Å². The minimum absolute atomic E-state index is 0.897. The molecule has 3 nitrogen and oxygen atoms in total. The second kappa shape index (κ2) is 5.42. The predicted molar refractivity (Wildman–Crippen MR) is 81.0 cm³/mol. The van der Waals surface area contributed by atoms with E-state index in [2.05, 4.69) is 32.5 Å². The molecule has 0 fully saturated rings. The van der Waals surface area contributed by atoms with Gasteiger partial charge in [0.15, 0.2) is 0 Å². The first-order valence-corrected chi connectivity index (χ1v) is 7.47. The fraction of sp³-hybridized carbons (Fsp3) is 0.0714. The number of thiazole rings is 1. The first kappa shape index (κ1) is 12.2. The summed E-state index contributed by atoms with van der Waals surface area (Å²) in [4.78, 5) is 15.2. The van der Waals surface area contributed by atoms with E-state index in [-0.39, 0.29) is 0 Å². The summed E-state index contributed by atoms with van der Waals surface area (Å²) in [6.45, 7) is 2.04. The molecular weight excluding hydrogens is 274 g/mol. The molecule has 3 aromatic heterocycles. The highest BCUT2D eigenvalue weighted by atomic mass is 32.1. The van der Waals surface area contributed by atoms with Crippen molar-refractivity contribution >= 4 is 34.3 Å². The fourth-order valence-corrected chi connectivity index (χ4v) is 3.38. The molecular formula is C14H11N3S2. The lowest BCUT2D eigenvalue weighted by Gasteiger charge is -1.97. The van der Waals surface area contributed by atoms with E-state index >= 15 is 0 Å². The smallest absolute Gasteiger partial charge is 0.133 e. The molecule has 0 atom stereocenters. The summed E-state index contributed by atoms with van der Waals surface area (Å²) in [6, 6.07) is 4.13. The number of hydrogen-bond acceptors (Lipinski definition) is 5. The van der Waals surface area contributed by atoms with Gasteiger partial charge in [0, 0.05) is 23.5 Å². The molecule has 0 saturated carbocycles. The van der Waals surface area contributed by atoms with Crippen molar-refractivity contribution in [2.75, 3.05) is 0 Å². The zero-order chi connectivity index (χ0) is 13.1. The van der Waals surface area contributed by atoms with Gasteiger partial charge < -0.3 is 0 Å². The second-order valence-electron chi connectivity index (χ2n) is 3.96. The SMILES string of the molecule is CC(=Cc1cnc(-c2cccs2)s1)c1cnccn1. The van der Waals surface area contributed by atoms with E-state index < -0.39 is 0 Å². The van der Waals surface area contributed by atoms with Crippen molar-refractivity contribution in [3.8, 4) is 9.88 Å². The zero-order valence-electron chi connectivity index (χ0n) is 10.3. The highest BCUT2D eigenvalue weighted by molar-refractivity contribution is 7.21. The molecule has 0 aliphatic carbocycles. The topological polar surface area (TPSA) is 38.7 Å². The van der Waals surface area contributed by atoms with E-state index in [0.717, 1.165) is 21.2 Å². The molecule has 0 spiro atoms. The van der Waals surface area contributed by atoms with Crippen molar-refractivity contribution in [2.24, 2.45) is 0 Å². The third kappa shape index (κ3) is 2.77. The number of allylic oxidation sites excluding steroid dienone is 1. The minimum atomic E-state index is 0.897. The van der Waals surface area contributed by atoms with Gasteiger partial charge in [-0.05, 0) is 30.0 Å². The molecule has 0 aromatic carbocycles. The Balaban J connectivity index is 1.88. The van der Waals surface area contributed by atoms with Crippen LogP contribution in [0.2, 0.25) is 0 Å². The Hall–Kier alpha value is -1.85. The largest absolute Gasteiger partial charge is 0.261 e. The van der Waals surface area contributed by atoms with Crippen LogP contribution in [0.1, 0.15) is 17.5 Å². The molecule has 3 heterocycles. The third-order valence-corrected chi connectivity index (χ3v) is 4.56. The van der Waals surface area contributed by atoms with E-state index in [1.165, 1.54) is 4.88 Å². The van der Waals surface area contributed by atoms with Crippen molar-refractivity contribution < 1.29 is 0 Å². The van der Waals surface area contributed by atoms with Gasteiger partial charge >= 0.3 is 0 Å². The average molecular weight is 285 g/mol. The highest BCUT2D eigenvalue weighted by Crippen LogP contribution is 2.30. The molecule has 94 valence electrons. The van der Waals surface area contributed by atoms with Crippen molar-refractivity contribution in [2.45, 2.75) is 6.92 Å². The average Bonchev–Trinajstić information content (AvgIpc) is 3.10. The molecule has 0 amide bonds. The first-order chi connectivity index (χ1) is 9.33. The predicted octanol–water partition coefficient (Wildman–Crippen LogP) is 4.22. The summed E-state index contributed by atoms with van der Waals surface area (Å²) in [5.74, 6) is 0. The standard InChI is InChI=1S/C14H11N3S2/c1-10(12-9-15-4-5-16-12)7-11-8-17-14(19-11)13-3-2-6-18-13/h2-9H,1H3. The Morgan fingerprint density at radius 3 is 2.89 bits per heavy atom. The van der Waals surface area contributed by atoms with Crippen LogP contribution < -0.4 is 0 Å². The Kier molecular flexibility index (Phi) is 3.48. The van der Waals surface area contributed by atoms with Crippen molar-refractivity contribution in [1.29, 1.82) is 0 Å². The van der Waals surface area contributed by atoms with E-state index in [0.29, 0.717) is 0 Å². The molecule has 0 aliphatic rings. The van der Waals surface area contributed by atoms with Crippen LogP contribution in [0.3, 0.4) is 0 Å². The van der Waals surface area contributed by atoms with E-state index in [9.17, 15) is 0 Å². The lowest BCUT2D eigenvalue weighted by molar-refractivity contribution is 1.17. The van der Waals surface area contributed by atoms with Crippen molar-refractivity contribution in [1.82, 2.24) is 15.0 Å². The molecule has 0 radical (unpaired) electrons. The van der Waals surface area contributed by atoms with Crippen LogP contribution in [0.4, 0.5) is 0 Å². The monoisotopic (exact) mass is 285 g/mol. The number of aromatic nitrogens is 3. The number of rotatable bonds is 3. The van der Waals surface area contributed by atoms with E-state index in [4.69, 9.17) is 0 Å². The summed E-state index contributed by atoms with van der Waals surface area (Å²) < 4.78 is 0. The van der Waals surface area contributed by atoms with Crippen LogP contribution in [0.15, 0.2) is 42.3 Å². The molecule has 3 aromatic rings. The van der Waals surface area contributed by atoms with Gasteiger partial charge in [0.1, 0.15) is 5.01 Å². The van der Waals surface area contributed by atoms with Crippen molar-refractivity contribution in [3.63, 3.8) is 0 Å². The minimum Gasteiger partial charge on any atom is -0.261 e. The lowest BCUT2D eigenvalue weighted by Crippen LogP contribution is -1.85. The van der Waals surface area contributed by atoms with Gasteiger partial charge in [-0.1, -0.05) is 6.07 Å². The molecule has 0 saturated heterocycles. The van der Waals surface area contributed by atoms with Crippen LogP contribution in [0, 0.1) is 0 Å². The molecule has 5 heteroatoms. The van der Waals surface area contributed by atoms with Gasteiger partial charge in [0.05, 0.1) is 16.8 Å². The Bertz CT molecular complexity index is 685. The summed E-state index contributed by atoms with van der Waals surface area (Å²) in [5, 5.41) is 3.13. The van der Waals surface area contributed by atoms with Gasteiger partial charge in [-0.3, -0.25) is 9.97 Å². The maximum atomic E-state index is 4.45. The van der Waals surface area contributed by atoms with E-state index in [1.807, 2.05) is 19.2 Å². The molecule has 0 aliphatic heterocycles. The van der Waals surface area contributed by atoms with Gasteiger partial charge in [-0.25, -0.2) is 4.98 Å². The first-order valence-electron chi connectivity index (χ1n) is 5.77.